The van der Waals surface area contributed by atoms with Crippen molar-refractivity contribution in [1.82, 2.24) is 4.72 Å². The Morgan fingerprint density at radius 2 is 2.00 bits per heavy atom. The number of aryl methyl sites for hydroxylation is 1. The predicted molar refractivity (Wildman–Crippen MR) is 85.8 cm³/mol. The third-order valence-corrected chi connectivity index (χ3v) is 5.03. The monoisotopic (exact) mass is 350 g/mol. The van der Waals surface area contributed by atoms with Crippen LogP contribution in [-0.4, -0.2) is 27.0 Å². The van der Waals surface area contributed by atoms with E-state index < -0.39 is 27.9 Å². The van der Waals surface area contributed by atoms with E-state index in [2.05, 4.69) is 10.0 Å². The number of halogens is 1. The van der Waals surface area contributed by atoms with Gasteiger partial charge < -0.3 is 10.1 Å². The van der Waals surface area contributed by atoms with Crippen LogP contribution in [-0.2, 0) is 14.8 Å². The van der Waals surface area contributed by atoms with Gasteiger partial charge in [-0.1, -0.05) is 12.1 Å². The molecule has 24 heavy (non-hydrogen) atoms. The maximum Gasteiger partial charge on any atom is 0.266 e. The Balaban J connectivity index is 1.73. The van der Waals surface area contributed by atoms with E-state index in [0.717, 1.165) is 6.07 Å². The zero-order valence-electron chi connectivity index (χ0n) is 12.7. The van der Waals surface area contributed by atoms with E-state index in [-0.39, 0.29) is 17.0 Å². The van der Waals surface area contributed by atoms with Crippen LogP contribution in [0.25, 0.3) is 0 Å². The van der Waals surface area contributed by atoms with Crippen LogP contribution in [0.5, 0.6) is 5.75 Å². The van der Waals surface area contributed by atoms with E-state index in [1.54, 1.807) is 24.3 Å². The van der Waals surface area contributed by atoms with E-state index >= 15 is 0 Å². The summed E-state index contributed by atoms with van der Waals surface area (Å²) in [5.41, 5.74) is 0.759. The van der Waals surface area contributed by atoms with Crippen molar-refractivity contribution in [2.24, 2.45) is 0 Å². The van der Waals surface area contributed by atoms with Gasteiger partial charge in [0.25, 0.3) is 5.91 Å². The van der Waals surface area contributed by atoms with Gasteiger partial charge in [-0.25, -0.2) is 17.5 Å². The first-order chi connectivity index (χ1) is 11.4. The normalized spacial score (nSPS) is 16.9. The smallest absolute Gasteiger partial charge is 0.266 e. The SMILES string of the molecule is Cc1cc(S(=O)(=O)NCC2Oc3ccccc3NC2=O)ccc1F. The minimum atomic E-state index is -3.88. The van der Waals surface area contributed by atoms with Gasteiger partial charge in [-0.05, 0) is 42.8 Å². The third-order valence-electron chi connectivity index (χ3n) is 3.61. The topological polar surface area (TPSA) is 84.5 Å². The first-order valence-corrected chi connectivity index (χ1v) is 8.67. The highest BCUT2D eigenvalue weighted by molar-refractivity contribution is 7.89. The summed E-state index contributed by atoms with van der Waals surface area (Å²) in [6, 6.07) is 10.4. The number of ether oxygens (including phenoxy) is 1. The molecule has 0 aliphatic carbocycles. The molecule has 6 nitrogen and oxygen atoms in total. The van der Waals surface area contributed by atoms with Gasteiger partial charge >= 0.3 is 0 Å². The number of carbonyl (C=O) groups is 1. The predicted octanol–water partition coefficient (Wildman–Crippen LogP) is 1.81. The molecular weight excluding hydrogens is 335 g/mol. The van der Waals surface area contributed by atoms with E-state index in [1.165, 1.54) is 19.1 Å². The van der Waals surface area contributed by atoms with Gasteiger partial charge in [0.15, 0.2) is 6.10 Å². The lowest BCUT2D eigenvalue weighted by atomic mass is 10.2. The molecule has 0 saturated carbocycles. The maximum atomic E-state index is 13.3. The molecule has 2 N–H and O–H groups in total. The summed E-state index contributed by atoms with van der Waals surface area (Å²) in [4.78, 5) is 11.9. The highest BCUT2D eigenvalue weighted by Gasteiger charge is 2.29. The molecule has 0 spiro atoms. The van der Waals surface area contributed by atoms with Crippen molar-refractivity contribution in [1.29, 1.82) is 0 Å². The van der Waals surface area contributed by atoms with Gasteiger partial charge in [-0.3, -0.25) is 4.79 Å². The highest BCUT2D eigenvalue weighted by Crippen LogP contribution is 2.28. The molecule has 1 amide bonds. The zero-order valence-corrected chi connectivity index (χ0v) is 13.6. The Morgan fingerprint density at radius 3 is 2.75 bits per heavy atom. The van der Waals surface area contributed by atoms with Crippen LogP contribution in [0.1, 0.15) is 5.56 Å². The number of amides is 1. The number of benzene rings is 2. The molecule has 1 heterocycles. The van der Waals surface area contributed by atoms with Gasteiger partial charge in [-0.2, -0.15) is 0 Å². The summed E-state index contributed by atoms with van der Waals surface area (Å²) >= 11 is 0. The first-order valence-electron chi connectivity index (χ1n) is 7.19. The second-order valence-corrected chi connectivity index (χ2v) is 7.12. The minimum Gasteiger partial charge on any atom is -0.477 e. The summed E-state index contributed by atoms with van der Waals surface area (Å²) < 4.78 is 45.6. The summed E-state index contributed by atoms with van der Waals surface area (Å²) in [6.07, 6.45) is -0.990. The number of fused-ring (bicyclic) bond motifs is 1. The van der Waals surface area contributed by atoms with Crippen LogP contribution in [0.2, 0.25) is 0 Å². The Labute approximate surface area is 138 Å². The average Bonchev–Trinajstić information content (AvgIpc) is 2.55. The lowest BCUT2D eigenvalue weighted by molar-refractivity contribution is -0.123. The van der Waals surface area contributed by atoms with Crippen molar-refractivity contribution in [2.45, 2.75) is 17.9 Å². The number of para-hydroxylation sites is 2. The van der Waals surface area contributed by atoms with Crippen LogP contribution in [0.3, 0.4) is 0 Å². The fourth-order valence-corrected chi connectivity index (χ4v) is 3.40. The Kier molecular flexibility index (Phi) is 4.25. The van der Waals surface area contributed by atoms with Crippen LogP contribution >= 0.6 is 0 Å². The summed E-state index contributed by atoms with van der Waals surface area (Å²) in [5, 5.41) is 2.65. The molecule has 0 fully saturated rings. The van der Waals surface area contributed by atoms with Gasteiger partial charge in [0, 0.05) is 0 Å². The number of carbonyl (C=O) groups excluding carboxylic acids is 1. The fourth-order valence-electron chi connectivity index (χ4n) is 2.28. The molecule has 1 unspecified atom stereocenters. The number of rotatable bonds is 4. The van der Waals surface area contributed by atoms with Crippen molar-refractivity contribution in [3.63, 3.8) is 0 Å². The molecule has 0 radical (unpaired) electrons. The average molecular weight is 350 g/mol. The molecule has 0 saturated heterocycles. The Hall–Kier alpha value is -2.45. The second kappa shape index (κ2) is 6.21. The molecule has 0 bridgehead atoms. The van der Waals surface area contributed by atoms with Crippen LogP contribution < -0.4 is 14.8 Å². The van der Waals surface area contributed by atoms with Gasteiger partial charge in [0.1, 0.15) is 11.6 Å². The first kappa shape index (κ1) is 16.4. The number of nitrogens with one attached hydrogen (secondary N) is 2. The van der Waals surface area contributed by atoms with Crippen molar-refractivity contribution in [3.05, 3.63) is 53.8 Å². The lowest BCUT2D eigenvalue weighted by Crippen LogP contribution is -2.45. The van der Waals surface area contributed by atoms with Gasteiger partial charge in [0.2, 0.25) is 10.0 Å². The van der Waals surface area contributed by atoms with Crippen molar-refractivity contribution in [2.75, 3.05) is 11.9 Å². The summed E-state index contributed by atoms with van der Waals surface area (Å²) in [6.45, 7) is 1.24. The van der Waals surface area contributed by atoms with E-state index in [4.69, 9.17) is 4.74 Å². The molecule has 126 valence electrons. The van der Waals surface area contributed by atoms with Crippen LogP contribution in [0.4, 0.5) is 10.1 Å². The van der Waals surface area contributed by atoms with E-state index in [1.807, 2.05) is 0 Å². The summed E-state index contributed by atoms with van der Waals surface area (Å²) in [5.74, 6) is -0.453. The molecule has 2 aromatic rings. The van der Waals surface area contributed by atoms with E-state index in [9.17, 15) is 17.6 Å². The largest absolute Gasteiger partial charge is 0.477 e. The molecule has 0 aromatic heterocycles. The molecule has 1 atom stereocenters. The van der Waals surface area contributed by atoms with Crippen molar-refractivity contribution in [3.8, 4) is 5.75 Å². The Morgan fingerprint density at radius 1 is 1.25 bits per heavy atom. The number of hydrogen-bond acceptors (Lipinski definition) is 4. The van der Waals surface area contributed by atoms with Crippen LogP contribution in [0.15, 0.2) is 47.4 Å². The van der Waals surface area contributed by atoms with E-state index in [0.29, 0.717) is 11.4 Å². The number of anilines is 1. The molecule has 1 aliphatic rings. The minimum absolute atomic E-state index is 0.0713. The molecular formula is C16H15FN2O4S. The summed E-state index contributed by atoms with van der Waals surface area (Å²) in [7, 11) is -3.88. The maximum absolute atomic E-state index is 13.3. The quantitative estimate of drug-likeness (QED) is 0.881. The molecule has 2 aromatic carbocycles. The number of sulfonamides is 1. The lowest BCUT2D eigenvalue weighted by Gasteiger charge is -2.25. The second-order valence-electron chi connectivity index (χ2n) is 5.35. The highest BCUT2D eigenvalue weighted by atomic mass is 32.2. The molecule has 8 heteroatoms. The van der Waals surface area contributed by atoms with Crippen molar-refractivity contribution < 1.29 is 22.3 Å². The third kappa shape index (κ3) is 3.24. The fraction of sp³-hybridized carbons (Fsp3) is 0.188. The molecule has 3 rings (SSSR count). The Bertz CT molecular complexity index is 899. The zero-order chi connectivity index (χ0) is 17.3. The van der Waals surface area contributed by atoms with Gasteiger partial charge in [-0.15, -0.1) is 0 Å². The molecule has 1 aliphatic heterocycles. The number of hydrogen-bond donors (Lipinski definition) is 2. The van der Waals surface area contributed by atoms with Gasteiger partial charge in [0.05, 0.1) is 17.1 Å². The standard InChI is InChI=1S/C16H15FN2O4S/c1-10-8-11(6-7-12(10)17)24(21,22)18-9-15-16(20)19-13-4-2-3-5-14(13)23-15/h2-8,15,18H,9H2,1H3,(H,19,20). The van der Waals surface area contributed by atoms with Crippen LogP contribution in [0, 0.1) is 12.7 Å². The van der Waals surface area contributed by atoms with Crippen molar-refractivity contribution >= 4 is 21.6 Å².